The van der Waals surface area contributed by atoms with Crippen molar-refractivity contribution in [1.82, 2.24) is 14.5 Å². The first kappa shape index (κ1) is 16.1. The highest BCUT2D eigenvalue weighted by Crippen LogP contribution is 2.35. The van der Waals surface area contributed by atoms with E-state index in [1.807, 2.05) is 17.7 Å². The van der Waals surface area contributed by atoms with Crippen molar-refractivity contribution in [3.8, 4) is 5.75 Å². The molecule has 1 aliphatic rings. The quantitative estimate of drug-likeness (QED) is 0.855. The molecule has 1 amide bonds. The molecule has 1 aromatic heterocycles. The minimum absolute atomic E-state index is 0.148. The molecule has 3 rings (SSSR count). The van der Waals surface area contributed by atoms with Crippen LogP contribution >= 0.6 is 0 Å². The van der Waals surface area contributed by atoms with Crippen LogP contribution in [0.2, 0.25) is 0 Å². The van der Waals surface area contributed by atoms with Crippen molar-refractivity contribution in [2.45, 2.75) is 32.4 Å². The molecule has 1 unspecified atom stereocenters. The van der Waals surface area contributed by atoms with Gasteiger partial charge in [-0.05, 0) is 30.5 Å². The highest BCUT2D eigenvalue weighted by Gasteiger charge is 2.38. The fourth-order valence-corrected chi connectivity index (χ4v) is 3.20. The Morgan fingerprint density at radius 2 is 1.92 bits per heavy atom. The van der Waals surface area contributed by atoms with Crippen LogP contribution in [0.25, 0.3) is 5.57 Å². The molecule has 0 fully saturated rings. The normalized spacial score (nSPS) is 17.8. The molecule has 126 valence electrons. The maximum Gasteiger partial charge on any atom is 0.289 e. The lowest BCUT2D eigenvalue weighted by Crippen LogP contribution is -2.36. The van der Waals surface area contributed by atoms with Crippen LogP contribution in [-0.2, 0) is 11.3 Å². The number of aliphatic hydroxyl groups is 1. The topological polar surface area (TPSA) is 78.6 Å². The van der Waals surface area contributed by atoms with Crippen LogP contribution in [0.5, 0.6) is 5.75 Å². The smallest absolute Gasteiger partial charge is 0.289 e. The number of aromatic hydroxyl groups is 1. The van der Waals surface area contributed by atoms with Crippen molar-refractivity contribution < 1.29 is 15.0 Å². The second-order valence-electron chi connectivity index (χ2n) is 5.89. The molecule has 0 aliphatic carbocycles. The molecule has 0 spiro atoms. The van der Waals surface area contributed by atoms with E-state index in [1.54, 1.807) is 41.7 Å². The zero-order chi connectivity index (χ0) is 17.1. The van der Waals surface area contributed by atoms with Gasteiger partial charge in [0.05, 0.1) is 12.4 Å². The third-order valence-electron chi connectivity index (χ3n) is 4.37. The standard InChI is InChI=1S/C18H21N3O3/c1-2-15-16(13-4-6-14(22)7-5-13)17(23)18(24)21(15)10-3-9-20-11-8-19-12-20/h4-8,11-12,15,22-23H,2-3,9-10H2,1H3. The van der Waals surface area contributed by atoms with E-state index in [2.05, 4.69) is 4.98 Å². The van der Waals surface area contributed by atoms with E-state index < -0.39 is 0 Å². The maximum absolute atomic E-state index is 12.5. The number of aryl methyl sites for hydroxylation is 1. The molecule has 0 saturated heterocycles. The zero-order valence-electron chi connectivity index (χ0n) is 13.6. The number of carbonyl (C=O) groups is 1. The summed E-state index contributed by atoms with van der Waals surface area (Å²) in [5.74, 6) is -0.348. The van der Waals surface area contributed by atoms with Gasteiger partial charge in [0.1, 0.15) is 5.75 Å². The molecule has 2 N–H and O–H groups in total. The summed E-state index contributed by atoms with van der Waals surface area (Å²) < 4.78 is 1.97. The first-order valence-electron chi connectivity index (χ1n) is 8.11. The SMILES string of the molecule is CCC1C(c2ccc(O)cc2)=C(O)C(=O)N1CCCn1ccnc1. The second kappa shape index (κ2) is 6.78. The van der Waals surface area contributed by atoms with E-state index in [-0.39, 0.29) is 23.5 Å². The lowest BCUT2D eigenvalue weighted by Gasteiger charge is -2.26. The van der Waals surface area contributed by atoms with Crippen LogP contribution < -0.4 is 0 Å². The molecular weight excluding hydrogens is 306 g/mol. The van der Waals surface area contributed by atoms with E-state index in [9.17, 15) is 15.0 Å². The van der Waals surface area contributed by atoms with Gasteiger partial charge in [0.15, 0.2) is 5.76 Å². The van der Waals surface area contributed by atoms with E-state index in [1.165, 1.54) is 0 Å². The molecular formula is C18H21N3O3. The summed E-state index contributed by atoms with van der Waals surface area (Å²) in [6.45, 7) is 3.34. The summed E-state index contributed by atoms with van der Waals surface area (Å²) in [5, 5.41) is 19.8. The minimum Gasteiger partial charge on any atom is -0.508 e. The van der Waals surface area contributed by atoms with Gasteiger partial charge in [0.25, 0.3) is 5.91 Å². The van der Waals surface area contributed by atoms with Crippen molar-refractivity contribution >= 4 is 11.5 Å². The first-order chi connectivity index (χ1) is 11.6. The Kier molecular flexibility index (Phi) is 4.55. The fourth-order valence-electron chi connectivity index (χ4n) is 3.20. The molecule has 24 heavy (non-hydrogen) atoms. The lowest BCUT2D eigenvalue weighted by atomic mass is 9.97. The Labute approximate surface area is 140 Å². The summed E-state index contributed by atoms with van der Waals surface area (Å²) in [4.78, 5) is 18.2. The second-order valence-corrected chi connectivity index (χ2v) is 5.89. The highest BCUT2D eigenvalue weighted by atomic mass is 16.3. The van der Waals surface area contributed by atoms with E-state index in [0.717, 1.165) is 24.9 Å². The number of hydrogen-bond donors (Lipinski definition) is 2. The number of aliphatic hydroxyl groups excluding tert-OH is 1. The summed E-state index contributed by atoms with van der Waals surface area (Å²) in [6.07, 6.45) is 6.87. The maximum atomic E-state index is 12.5. The van der Waals surface area contributed by atoms with Gasteiger partial charge in [-0.1, -0.05) is 19.1 Å². The molecule has 1 atom stereocenters. The van der Waals surface area contributed by atoms with Crippen molar-refractivity contribution in [1.29, 1.82) is 0 Å². The lowest BCUT2D eigenvalue weighted by molar-refractivity contribution is -0.129. The number of aromatic nitrogens is 2. The molecule has 1 aliphatic heterocycles. The molecule has 6 heteroatoms. The Morgan fingerprint density at radius 1 is 1.17 bits per heavy atom. The van der Waals surface area contributed by atoms with E-state index in [0.29, 0.717) is 12.1 Å². The monoisotopic (exact) mass is 327 g/mol. The summed E-state index contributed by atoms with van der Waals surface area (Å²) in [6, 6.07) is 6.44. The van der Waals surface area contributed by atoms with Gasteiger partial charge in [-0.3, -0.25) is 4.79 Å². The summed E-state index contributed by atoms with van der Waals surface area (Å²) in [5.41, 5.74) is 1.41. The molecule has 2 aromatic rings. The van der Waals surface area contributed by atoms with Crippen LogP contribution in [0.3, 0.4) is 0 Å². The average molecular weight is 327 g/mol. The number of benzene rings is 1. The Bertz CT molecular complexity index is 735. The van der Waals surface area contributed by atoms with E-state index in [4.69, 9.17) is 0 Å². The summed E-state index contributed by atoms with van der Waals surface area (Å²) >= 11 is 0. The molecule has 6 nitrogen and oxygen atoms in total. The molecule has 0 bridgehead atoms. The van der Waals surface area contributed by atoms with Gasteiger partial charge in [-0.25, -0.2) is 4.98 Å². The number of phenols is 1. The number of amides is 1. The van der Waals surface area contributed by atoms with Crippen molar-refractivity contribution in [3.05, 3.63) is 54.3 Å². The first-order valence-corrected chi connectivity index (χ1v) is 8.11. The van der Waals surface area contributed by atoms with Crippen LogP contribution in [0.15, 0.2) is 48.7 Å². The highest BCUT2D eigenvalue weighted by molar-refractivity contribution is 6.05. The summed E-state index contributed by atoms with van der Waals surface area (Å²) in [7, 11) is 0. The molecule has 2 heterocycles. The van der Waals surface area contributed by atoms with Crippen LogP contribution in [0.1, 0.15) is 25.3 Å². The van der Waals surface area contributed by atoms with Crippen LogP contribution in [0, 0.1) is 0 Å². The number of hydrogen-bond acceptors (Lipinski definition) is 4. The van der Waals surface area contributed by atoms with E-state index >= 15 is 0 Å². The van der Waals surface area contributed by atoms with Crippen molar-refractivity contribution in [2.75, 3.05) is 6.54 Å². The molecule has 1 aromatic carbocycles. The van der Waals surface area contributed by atoms with Gasteiger partial charge >= 0.3 is 0 Å². The Hall–Kier alpha value is -2.76. The zero-order valence-corrected chi connectivity index (χ0v) is 13.6. The molecule has 0 radical (unpaired) electrons. The molecule has 0 saturated carbocycles. The largest absolute Gasteiger partial charge is 0.508 e. The predicted molar refractivity (Wildman–Crippen MR) is 90.3 cm³/mol. The van der Waals surface area contributed by atoms with Crippen LogP contribution in [-0.4, -0.2) is 43.2 Å². The number of carbonyl (C=O) groups excluding carboxylic acids is 1. The van der Waals surface area contributed by atoms with Gasteiger partial charge in [0.2, 0.25) is 0 Å². The number of phenolic OH excluding ortho intramolecular Hbond substituents is 1. The fraction of sp³-hybridized carbons (Fsp3) is 0.333. The number of imidazole rings is 1. The minimum atomic E-state index is -0.324. The van der Waals surface area contributed by atoms with Crippen LogP contribution in [0.4, 0.5) is 0 Å². The number of nitrogens with zero attached hydrogens (tertiary/aromatic N) is 3. The third-order valence-corrected chi connectivity index (χ3v) is 4.37. The predicted octanol–water partition coefficient (Wildman–Crippen LogP) is 2.57. The van der Waals surface area contributed by atoms with Gasteiger partial charge in [-0.15, -0.1) is 0 Å². The van der Waals surface area contributed by atoms with Gasteiger partial charge in [0, 0.05) is 31.1 Å². The van der Waals surface area contributed by atoms with Crippen molar-refractivity contribution in [2.24, 2.45) is 0 Å². The third kappa shape index (κ3) is 2.99. The number of rotatable bonds is 6. The van der Waals surface area contributed by atoms with Crippen molar-refractivity contribution in [3.63, 3.8) is 0 Å². The van der Waals surface area contributed by atoms with Gasteiger partial charge in [-0.2, -0.15) is 0 Å². The van der Waals surface area contributed by atoms with Gasteiger partial charge < -0.3 is 19.7 Å². The Morgan fingerprint density at radius 3 is 2.54 bits per heavy atom. The average Bonchev–Trinajstić information content (AvgIpc) is 3.18. The Balaban J connectivity index is 1.75.